The SMILES string of the molecule is Cc1ccc(OCc2ncccc2C)c(CC(C)N)n1. The Morgan fingerprint density at radius 1 is 1.20 bits per heavy atom. The maximum Gasteiger partial charge on any atom is 0.141 e. The third kappa shape index (κ3) is 3.78. The lowest BCUT2D eigenvalue weighted by molar-refractivity contribution is 0.295. The molecule has 0 spiro atoms. The molecule has 4 heteroatoms. The summed E-state index contributed by atoms with van der Waals surface area (Å²) in [7, 11) is 0. The van der Waals surface area contributed by atoms with Gasteiger partial charge in [-0.3, -0.25) is 9.97 Å². The molecule has 0 radical (unpaired) electrons. The van der Waals surface area contributed by atoms with Crippen LogP contribution in [0.2, 0.25) is 0 Å². The van der Waals surface area contributed by atoms with Gasteiger partial charge in [0.2, 0.25) is 0 Å². The van der Waals surface area contributed by atoms with E-state index in [1.807, 2.05) is 45.0 Å². The molecule has 0 amide bonds. The second-order valence-electron chi connectivity index (χ2n) is 5.13. The summed E-state index contributed by atoms with van der Waals surface area (Å²) >= 11 is 0. The van der Waals surface area contributed by atoms with E-state index in [4.69, 9.17) is 10.5 Å². The van der Waals surface area contributed by atoms with Crippen molar-refractivity contribution >= 4 is 0 Å². The number of nitrogens with zero attached hydrogens (tertiary/aromatic N) is 2. The van der Waals surface area contributed by atoms with Crippen LogP contribution in [0.1, 0.15) is 29.6 Å². The quantitative estimate of drug-likeness (QED) is 0.908. The smallest absolute Gasteiger partial charge is 0.141 e. The van der Waals surface area contributed by atoms with Crippen LogP contribution in [0, 0.1) is 13.8 Å². The topological polar surface area (TPSA) is 61.0 Å². The van der Waals surface area contributed by atoms with Gasteiger partial charge < -0.3 is 10.5 Å². The van der Waals surface area contributed by atoms with Gasteiger partial charge in [0.1, 0.15) is 12.4 Å². The Morgan fingerprint density at radius 3 is 2.70 bits per heavy atom. The second kappa shape index (κ2) is 6.48. The number of aromatic nitrogens is 2. The Balaban J connectivity index is 2.15. The molecule has 2 heterocycles. The van der Waals surface area contributed by atoms with Gasteiger partial charge in [-0.2, -0.15) is 0 Å². The highest BCUT2D eigenvalue weighted by molar-refractivity contribution is 5.30. The van der Waals surface area contributed by atoms with Crippen LogP contribution in [0.5, 0.6) is 5.75 Å². The Labute approximate surface area is 120 Å². The van der Waals surface area contributed by atoms with E-state index in [-0.39, 0.29) is 6.04 Å². The molecule has 0 aliphatic carbocycles. The predicted octanol–water partition coefficient (Wildman–Crippen LogP) is 2.56. The molecule has 4 nitrogen and oxygen atoms in total. The van der Waals surface area contributed by atoms with Gasteiger partial charge in [-0.1, -0.05) is 6.07 Å². The number of nitrogens with two attached hydrogens (primary N) is 1. The van der Waals surface area contributed by atoms with Crippen molar-refractivity contribution in [1.82, 2.24) is 9.97 Å². The van der Waals surface area contributed by atoms with E-state index < -0.39 is 0 Å². The monoisotopic (exact) mass is 271 g/mol. The van der Waals surface area contributed by atoms with Crippen molar-refractivity contribution < 1.29 is 4.74 Å². The van der Waals surface area contributed by atoms with E-state index in [2.05, 4.69) is 9.97 Å². The highest BCUT2D eigenvalue weighted by Crippen LogP contribution is 2.20. The fraction of sp³-hybridized carbons (Fsp3) is 0.375. The first-order chi connectivity index (χ1) is 9.56. The summed E-state index contributed by atoms with van der Waals surface area (Å²) in [6, 6.07) is 7.92. The maximum absolute atomic E-state index is 5.88. The largest absolute Gasteiger partial charge is 0.485 e. The number of pyridine rings is 2. The van der Waals surface area contributed by atoms with Crippen molar-refractivity contribution in [2.45, 2.75) is 39.8 Å². The summed E-state index contributed by atoms with van der Waals surface area (Å²) < 4.78 is 5.88. The van der Waals surface area contributed by atoms with Crippen molar-refractivity contribution in [3.05, 3.63) is 53.1 Å². The first-order valence-electron chi connectivity index (χ1n) is 6.81. The van der Waals surface area contributed by atoms with E-state index >= 15 is 0 Å². The van der Waals surface area contributed by atoms with Gasteiger partial charge in [-0.25, -0.2) is 0 Å². The zero-order chi connectivity index (χ0) is 14.5. The van der Waals surface area contributed by atoms with Crippen molar-refractivity contribution in [2.75, 3.05) is 0 Å². The summed E-state index contributed by atoms with van der Waals surface area (Å²) in [5.74, 6) is 0.790. The minimum Gasteiger partial charge on any atom is -0.485 e. The second-order valence-corrected chi connectivity index (χ2v) is 5.13. The first-order valence-corrected chi connectivity index (χ1v) is 6.81. The molecular formula is C16H21N3O. The minimum atomic E-state index is 0.0586. The average Bonchev–Trinajstić information content (AvgIpc) is 2.39. The van der Waals surface area contributed by atoms with Crippen LogP contribution in [0.3, 0.4) is 0 Å². The van der Waals surface area contributed by atoms with Crippen molar-refractivity contribution in [1.29, 1.82) is 0 Å². The summed E-state index contributed by atoms with van der Waals surface area (Å²) in [6.07, 6.45) is 2.49. The molecule has 0 fully saturated rings. The average molecular weight is 271 g/mol. The number of hydrogen-bond acceptors (Lipinski definition) is 4. The van der Waals surface area contributed by atoms with Crippen LogP contribution in [-0.4, -0.2) is 16.0 Å². The molecule has 1 atom stereocenters. The van der Waals surface area contributed by atoms with E-state index in [1.54, 1.807) is 6.20 Å². The third-order valence-electron chi connectivity index (χ3n) is 3.07. The first kappa shape index (κ1) is 14.5. The molecule has 2 N–H and O–H groups in total. The number of ether oxygens (including phenoxy) is 1. The molecule has 0 saturated heterocycles. The summed E-state index contributed by atoms with van der Waals surface area (Å²) in [5, 5.41) is 0. The molecule has 0 aromatic carbocycles. The van der Waals surface area contributed by atoms with Crippen molar-refractivity contribution in [2.24, 2.45) is 5.73 Å². The molecule has 106 valence electrons. The van der Waals surface area contributed by atoms with Gasteiger partial charge in [-0.15, -0.1) is 0 Å². The lowest BCUT2D eigenvalue weighted by atomic mass is 10.1. The lowest BCUT2D eigenvalue weighted by Crippen LogP contribution is -2.19. The molecular weight excluding hydrogens is 250 g/mol. The van der Waals surface area contributed by atoms with Gasteiger partial charge in [0.25, 0.3) is 0 Å². The van der Waals surface area contributed by atoms with Crippen LogP contribution in [0.25, 0.3) is 0 Å². The number of aryl methyl sites for hydroxylation is 2. The zero-order valence-electron chi connectivity index (χ0n) is 12.3. The van der Waals surface area contributed by atoms with Crippen molar-refractivity contribution in [3.63, 3.8) is 0 Å². The molecule has 0 aliphatic rings. The summed E-state index contributed by atoms with van der Waals surface area (Å²) in [6.45, 7) is 6.42. The Hall–Kier alpha value is -1.94. The highest BCUT2D eigenvalue weighted by Gasteiger charge is 2.09. The van der Waals surface area contributed by atoms with Gasteiger partial charge in [-0.05, 0) is 44.5 Å². The van der Waals surface area contributed by atoms with E-state index in [0.717, 1.165) is 28.4 Å². The number of rotatable bonds is 5. The standard InChI is InChI=1S/C16H21N3O/c1-11-5-4-8-18-15(11)10-20-16-7-6-13(3)19-14(16)9-12(2)17/h4-8,12H,9-10,17H2,1-3H3. The maximum atomic E-state index is 5.88. The fourth-order valence-electron chi connectivity index (χ4n) is 2.00. The van der Waals surface area contributed by atoms with Gasteiger partial charge in [0.05, 0.1) is 11.4 Å². The highest BCUT2D eigenvalue weighted by atomic mass is 16.5. The Morgan fingerprint density at radius 2 is 2.00 bits per heavy atom. The molecule has 2 aromatic rings. The molecule has 0 aliphatic heterocycles. The molecule has 2 aromatic heterocycles. The zero-order valence-corrected chi connectivity index (χ0v) is 12.3. The van der Waals surface area contributed by atoms with Gasteiger partial charge in [0, 0.05) is 24.4 Å². The van der Waals surface area contributed by atoms with E-state index in [0.29, 0.717) is 13.0 Å². The summed E-state index contributed by atoms with van der Waals surface area (Å²) in [5.41, 5.74) is 9.82. The van der Waals surface area contributed by atoms with Crippen LogP contribution in [-0.2, 0) is 13.0 Å². The molecule has 1 unspecified atom stereocenters. The van der Waals surface area contributed by atoms with Crippen LogP contribution in [0.15, 0.2) is 30.5 Å². The molecule has 20 heavy (non-hydrogen) atoms. The Kier molecular flexibility index (Phi) is 4.69. The van der Waals surface area contributed by atoms with E-state index in [1.165, 1.54) is 0 Å². The Bertz CT molecular complexity index is 582. The van der Waals surface area contributed by atoms with Gasteiger partial charge in [0.15, 0.2) is 0 Å². The normalized spacial score (nSPS) is 12.2. The van der Waals surface area contributed by atoms with Crippen LogP contribution in [0.4, 0.5) is 0 Å². The van der Waals surface area contributed by atoms with Crippen molar-refractivity contribution in [3.8, 4) is 5.75 Å². The molecule has 0 saturated carbocycles. The predicted molar refractivity (Wildman–Crippen MR) is 79.6 cm³/mol. The van der Waals surface area contributed by atoms with E-state index in [9.17, 15) is 0 Å². The third-order valence-corrected chi connectivity index (χ3v) is 3.07. The molecule has 0 bridgehead atoms. The number of hydrogen-bond donors (Lipinski definition) is 1. The lowest BCUT2D eigenvalue weighted by Gasteiger charge is -2.13. The minimum absolute atomic E-state index is 0.0586. The van der Waals surface area contributed by atoms with Crippen LogP contribution < -0.4 is 10.5 Å². The molecule has 2 rings (SSSR count). The fourth-order valence-corrected chi connectivity index (χ4v) is 2.00. The van der Waals surface area contributed by atoms with Crippen LogP contribution >= 0.6 is 0 Å². The van der Waals surface area contributed by atoms with Gasteiger partial charge >= 0.3 is 0 Å². The summed E-state index contributed by atoms with van der Waals surface area (Å²) in [4.78, 5) is 8.85.